The molecule has 0 unspecified atom stereocenters. The molecule has 24 heavy (non-hydrogen) atoms. The molecule has 1 aromatic heterocycles. The first-order valence-corrected chi connectivity index (χ1v) is 8.13. The maximum atomic E-state index is 12.3. The van der Waals surface area contributed by atoms with Gasteiger partial charge in [0.1, 0.15) is 5.69 Å². The first-order valence-electron chi connectivity index (χ1n) is 8.13. The predicted octanol–water partition coefficient (Wildman–Crippen LogP) is 2.00. The van der Waals surface area contributed by atoms with Gasteiger partial charge in [-0.2, -0.15) is 10.4 Å². The van der Waals surface area contributed by atoms with Gasteiger partial charge in [-0.3, -0.25) is 9.48 Å². The van der Waals surface area contributed by atoms with Gasteiger partial charge in [0.15, 0.2) is 0 Å². The highest BCUT2D eigenvalue weighted by molar-refractivity contribution is 5.92. The highest BCUT2D eigenvalue weighted by Gasteiger charge is 2.22. The fourth-order valence-electron chi connectivity index (χ4n) is 2.96. The molecule has 0 bridgehead atoms. The third kappa shape index (κ3) is 3.40. The molecule has 1 saturated heterocycles. The normalized spacial score (nSPS) is 15.1. The van der Waals surface area contributed by atoms with Gasteiger partial charge in [0.2, 0.25) is 0 Å². The van der Waals surface area contributed by atoms with E-state index in [1.807, 2.05) is 38.2 Å². The second-order valence-corrected chi connectivity index (χ2v) is 6.19. The van der Waals surface area contributed by atoms with Crippen LogP contribution in [0.3, 0.4) is 0 Å². The number of hydrogen-bond acceptors (Lipinski definition) is 4. The van der Waals surface area contributed by atoms with Gasteiger partial charge >= 0.3 is 0 Å². The van der Waals surface area contributed by atoms with E-state index in [4.69, 9.17) is 5.26 Å². The van der Waals surface area contributed by atoms with Crippen LogP contribution in [0.1, 0.15) is 34.6 Å². The highest BCUT2D eigenvalue weighted by Crippen LogP contribution is 2.20. The van der Waals surface area contributed by atoms with Gasteiger partial charge < -0.3 is 10.2 Å². The Morgan fingerprint density at radius 1 is 1.29 bits per heavy atom. The van der Waals surface area contributed by atoms with E-state index in [9.17, 15) is 4.79 Å². The molecule has 0 saturated carbocycles. The first kappa shape index (κ1) is 16.1. The maximum Gasteiger partial charge on any atom is 0.272 e. The Balaban J connectivity index is 1.55. The summed E-state index contributed by atoms with van der Waals surface area (Å²) < 4.78 is 1.71. The number of amides is 1. The molecule has 3 rings (SSSR count). The number of piperidine rings is 1. The summed E-state index contributed by atoms with van der Waals surface area (Å²) in [6.45, 7) is 3.70. The monoisotopic (exact) mass is 323 g/mol. The average molecular weight is 323 g/mol. The fraction of sp³-hybridized carbons (Fsp3) is 0.389. The van der Waals surface area contributed by atoms with Crippen molar-refractivity contribution in [2.24, 2.45) is 7.05 Å². The molecule has 6 nitrogen and oxygen atoms in total. The summed E-state index contributed by atoms with van der Waals surface area (Å²) in [6, 6.07) is 11.8. The van der Waals surface area contributed by atoms with E-state index in [0.717, 1.165) is 37.3 Å². The zero-order valence-corrected chi connectivity index (χ0v) is 14.0. The van der Waals surface area contributed by atoms with Crippen molar-refractivity contribution in [3.63, 3.8) is 0 Å². The van der Waals surface area contributed by atoms with Crippen LogP contribution in [0.4, 0.5) is 5.69 Å². The lowest BCUT2D eigenvalue weighted by Gasteiger charge is -2.33. The third-order valence-corrected chi connectivity index (χ3v) is 4.54. The Bertz CT molecular complexity index is 744. The van der Waals surface area contributed by atoms with Crippen molar-refractivity contribution in [2.75, 3.05) is 18.0 Å². The van der Waals surface area contributed by atoms with Crippen LogP contribution in [0.2, 0.25) is 0 Å². The van der Waals surface area contributed by atoms with Crippen LogP contribution < -0.4 is 10.2 Å². The van der Waals surface area contributed by atoms with Crippen LogP contribution in [0.15, 0.2) is 30.3 Å². The molecule has 6 heteroatoms. The molecular weight excluding hydrogens is 302 g/mol. The van der Waals surface area contributed by atoms with Crippen molar-refractivity contribution in [3.8, 4) is 6.07 Å². The summed E-state index contributed by atoms with van der Waals surface area (Å²) >= 11 is 0. The topological polar surface area (TPSA) is 74.0 Å². The molecule has 1 aromatic carbocycles. The molecule has 1 amide bonds. The van der Waals surface area contributed by atoms with Crippen LogP contribution >= 0.6 is 0 Å². The van der Waals surface area contributed by atoms with E-state index in [1.54, 1.807) is 10.7 Å². The summed E-state index contributed by atoms with van der Waals surface area (Å²) in [5.41, 5.74) is 3.24. The van der Waals surface area contributed by atoms with Gasteiger partial charge in [-0.15, -0.1) is 0 Å². The number of carbonyl (C=O) groups excluding carboxylic acids is 1. The SMILES string of the molecule is Cc1cc(C(=O)NC2CCN(c3ccc(C#N)cc3)CC2)nn1C. The van der Waals surface area contributed by atoms with Crippen LogP contribution in [-0.4, -0.2) is 34.8 Å². The lowest BCUT2D eigenvalue weighted by Crippen LogP contribution is -2.44. The van der Waals surface area contributed by atoms with Gasteiger partial charge in [0, 0.05) is 37.6 Å². The highest BCUT2D eigenvalue weighted by atomic mass is 16.2. The van der Waals surface area contributed by atoms with Gasteiger partial charge in [-0.25, -0.2) is 0 Å². The second-order valence-electron chi connectivity index (χ2n) is 6.19. The number of rotatable bonds is 3. The van der Waals surface area contributed by atoms with E-state index in [0.29, 0.717) is 11.3 Å². The predicted molar refractivity (Wildman–Crippen MR) is 91.8 cm³/mol. The molecule has 1 aliphatic heterocycles. The van der Waals surface area contributed by atoms with E-state index in [1.165, 1.54) is 0 Å². The maximum absolute atomic E-state index is 12.3. The smallest absolute Gasteiger partial charge is 0.272 e. The molecule has 0 spiro atoms. The molecule has 0 aliphatic carbocycles. The molecule has 0 atom stereocenters. The van der Waals surface area contributed by atoms with Crippen LogP contribution in [0.25, 0.3) is 0 Å². The molecule has 1 fully saturated rings. The number of hydrogen-bond donors (Lipinski definition) is 1. The summed E-state index contributed by atoms with van der Waals surface area (Å²) in [5, 5.41) is 16.2. The number of nitrogens with zero attached hydrogens (tertiary/aromatic N) is 4. The minimum absolute atomic E-state index is 0.101. The summed E-state index contributed by atoms with van der Waals surface area (Å²) in [6.07, 6.45) is 1.80. The van der Waals surface area contributed by atoms with Crippen molar-refractivity contribution in [3.05, 3.63) is 47.3 Å². The van der Waals surface area contributed by atoms with Crippen molar-refractivity contribution in [1.82, 2.24) is 15.1 Å². The quantitative estimate of drug-likeness (QED) is 0.937. The number of carbonyl (C=O) groups is 1. The molecule has 1 aliphatic rings. The summed E-state index contributed by atoms with van der Waals surface area (Å²) in [4.78, 5) is 14.6. The minimum atomic E-state index is -0.101. The molecule has 2 heterocycles. The van der Waals surface area contributed by atoms with Crippen molar-refractivity contribution >= 4 is 11.6 Å². The lowest BCUT2D eigenvalue weighted by atomic mass is 10.0. The Morgan fingerprint density at radius 3 is 2.50 bits per heavy atom. The molecule has 124 valence electrons. The fourth-order valence-corrected chi connectivity index (χ4v) is 2.96. The third-order valence-electron chi connectivity index (χ3n) is 4.54. The molecule has 1 N–H and O–H groups in total. The van der Waals surface area contributed by atoms with E-state index in [-0.39, 0.29) is 11.9 Å². The van der Waals surface area contributed by atoms with Crippen molar-refractivity contribution in [2.45, 2.75) is 25.8 Å². The van der Waals surface area contributed by atoms with Crippen LogP contribution in [0, 0.1) is 18.3 Å². The van der Waals surface area contributed by atoms with Gasteiger partial charge in [0.05, 0.1) is 11.6 Å². The first-order chi connectivity index (χ1) is 11.6. The number of nitrogens with one attached hydrogen (secondary N) is 1. The molecular formula is C18H21N5O. The molecule has 2 aromatic rings. The average Bonchev–Trinajstić information content (AvgIpc) is 2.95. The standard InChI is InChI=1S/C18H21N5O/c1-13-11-17(21-22(13)2)18(24)20-15-7-9-23(10-8-15)16-5-3-14(12-19)4-6-16/h3-6,11,15H,7-10H2,1-2H3,(H,20,24). The number of nitriles is 1. The molecule has 0 radical (unpaired) electrons. The Hall–Kier alpha value is -2.81. The van der Waals surface area contributed by atoms with Crippen molar-refractivity contribution in [1.29, 1.82) is 5.26 Å². The minimum Gasteiger partial charge on any atom is -0.371 e. The number of benzene rings is 1. The number of aryl methyl sites for hydroxylation is 2. The number of anilines is 1. The van der Waals surface area contributed by atoms with E-state index in [2.05, 4.69) is 21.4 Å². The lowest BCUT2D eigenvalue weighted by molar-refractivity contribution is 0.0925. The Morgan fingerprint density at radius 2 is 1.96 bits per heavy atom. The Labute approximate surface area is 141 Å². The van der Waals surface area contributed by atoms with Crippen LogP contribution in [-0.2, 0) is 7.05 Å². The second kappa shape index (κ2) is 6.75. The number of aromatic nitrogens is 2. The van der Waals surface area contributed by atoms with Crippen LogP contribution in [0.5, 0.6) is 0 Å². The van der Waals surface area contributed by atoms with Gasteiger partial charge in [-0.05, 0) is 50.1 Å². The van der Waals surface area contributed by atoms with Gasteiger partial charge in [-0.1, -0.05) is 0 Å². The van der Waals surface area contributed by atoms with E-state index >= 15 is 0 Å². The summed E-state index contributed by atoms with van der Waals surface area (Å²) in [7, 11) is 1.84. The van der Waals surface area contributed by atoms with E-state index < -0.39 is 0 Å². The van der Waals surface area contributed by atoms with Gasteiger partial charge in [0.25, 0.3) is 5.91 Å². The summed E-state index contributed by atoms with van der Waals surface area (Å²) in [5.74, 6) is -0.101. The Kier molecular flexibility index (Phi) is 4.52. The largest absolute Gasteiger partial charge is 0.371 e. The van der Waals surface area contributed by atoms with Crippen molar-refractivity contribution < 1.29 is 4.79 Å². The zero-order chi connectivity index (χ0) is 17.1. The zero-order valence-electron chi connectivity index (χ0n) is 14.0.